The van der Waals surface area contributed by atoms with Gasteiger partial charge in [-0.25, -0.2) is 9.80 Å². The van der Waals surface area contributed by atoms with Gasteiger partial charge in [-0.05, 0) is 62.9 Å². The summed E-state index contributed by atoms with van der Waals surface area (Å²) in [5.41, 5.74) is 4.98. The van der Waals surface area contributed by atoms with Gasteiger partial charge in [-0.15, -0.1) is 0 Å². The van der Waals surface area contributed by atoms with E-state index in [-0.39, 0.29) is 30.1 Å². The molecule has 6 nitrogen and oxygen atoms in total. The van der Waals surface area contributed by atoms with Crippen molar-refractivity contribution in [1.29, 1.82) is 0 Å². The number of urea groups is 1. The van der Waals surface area contributed by atoms with Crippen LogP contribution >= 0.6 is 0 Å². The van der Waals surface area contributed by atoms with Gasteiger partial charge >= 0.3 is 6.03 Å². The Hall–Kier alpha value is -3.15. The molecule has 3 rings (SSSR count). The molecule has 164 valence electrons. The molecule has 1 N–H and O–H groups in total. The Morgan fingerprint density at radius 2 is 1.77 bits per heavy atom. The molecule has 6 heteroatoms. The highest BCUT2D eigenvalue weighted by atomic mass is 16.2. The fourth-order valence-electron chi connectivity index (χ4n) is 3.53. The van der Waals surface area contributed by atoms with Gasteiger partial charge in [-0.2, -0.15) is 5.10 Å². The zero-order chi connectivity index (χ0) is 22.8. The molecule has 3 amide bonds. The third-order valence-electron chi connectivity index (χ3n) is 5.39. The molecule has 2 aromatic rings. The molecular formula is C25H32N4O2. The van der Waals surface area contributed by atoms with Crippen LogP contribution in [0.5, 0.6) is 0 Å². The van der Waals surface area contributed by atoms with E-state index in [0.717, 1.165) is 16.8 Å². The smallest absolute Gasteiger partial charge is 0.318 e. The lowest BCUT2D eigenvalue weighted by Crippen LogP contribution is -2.49. The molecule has 0 aliphatic carbocycles. The van der Waals surface area contributed by atoms with Gasteiger partial charge in [-0.3, -0.25) is 4.79 Å². The van der Waals surface area contributed by atoms with Gasteiger partial charge in [0, 0.05) is 19.0 Å². The Kier molecular flexibility index (Phi) is 6.48. The molecule has 2 aromatic carbocycles. The fraction of sp³-hybridized carbons (Fsp3) is 0.400. The lowest BCUT2D eigenvalue weighted by Gasteiger charge is -2.27. The van der Waals surface area contributed by atoms with Crippen molar-refractivity contribution in [3.8, 4) is 0 Å². The molecule has 1 aliphatic rings. The molecule has 1 atom stereocenters. The van der Waals surface area contributed by atoms with Crippen LogP contribution in [0.4, 0.5) is 4.79 Å². The number of rotatable bonds is 4. The van der Waals surface area contributed by atoms with Gasteiger partial charge in [-0.1, -0.05) is 42.5 Å². The molecule has 0 fully saturated rings. The molecule has 0 saturated heterocycles. The predicted octanol–water partition coefficient (Wildman–Crippen LogP) is 4.42. The maximum Gasteiger partial charge on any atom is 0.318 e. The van der Waals surface area contributed by atoms with Crippen molar-refractivity contribution in [2.45, 2.75) is 52.6 Å². The summed E-state index contributed by atoms with van der Waals surface area (Å²) in [7, 11) is 1.63. The van der Waals surface area contributed by atoms with E-state index in [1.165, 1.54) is 16.0 Å². The Balaban J connectivity index is 1.85. The molecule has 0 spiro atoms. The third kappa shape index (κ3) is 5.51. The number of amides is 3. The van der Waals surface area contributed by atoms with E-state index < -0.39 is 0 Å². The largest absolute Gasteiger partial charge is 0.333 e. The quantitative estimate of drug-likeness (QED) is 0.796. The number of nitrogens with zero attached hydrogens (tertiary/aromatic N) is 3. The summed E-state index contributed by atoms with van der Waals surface area (Å²) in [6.45, 7) is 9.84. The monoisotopic (exact) mass is 420 g/mol. The van der Waals surface area contributed by atoms with Crippen LogP contribution in [0.1, 0.15) is 55.5 Å². The maximum atomic E-state index is 13.2. The highest BCUT2D eigenvalue weighted by molar-refractivity contribution is 6.03. The van der Waals surface area contributed by atoms with Gasteiger partial charge < -0.3 is 10.2 Å². The predicted molar refractivity (Wildman–Crippen MR) is 124 cm³/mol. The number of aryl methyl sites for hydroxylation is 2. The Morgan fingerprint density at radius 3 is 2.39 bits per heavy atom. The van der Waals surface area contributed by atoms with Crippen molar-refractivity contribution in [1.82, 2.24) is 15.2 Å². The van der Waals surface area contributed by atoms with Gasteiger partial charge in [0.1, 0.15) is 6.54 Å². The van der Waals surface area contributed by atoms with Crippen LogP contribution < -0.4 is 5.32 Å². The van der Waals surface area contributed by atoms with E-state index >= 15 is 0 Å². The van der Waals surface area contributed by atoms with Crippen molar-refractivity contribution in [3.63, 3.8) is 0 Å². The zero-order valence-electron chi connectivity index (χ0n) is 19.3. The molecule has 0 aromatic heterocycles. The van der Waals surface area contributed by atoms with E-state index in [2.05, 4.69) is 37.4 Å². The normalized spacial score (nSPS) is 16.1. The van der Waals surface area contributed by atoms with Crippen molar-refractivity contribution in [2.24, 2.45) is 5.10 Å². The zero-order valence-corrected chi connectivity index (χ0v) is 19.3. The minimum Gasteiger partial charge on any atom is -0.333 e. The molecule has 0 saturated carbocycles. The summed E-state index contributed by atoms with van der Waals surface area (Å²) in [5.74, 6) is -0.209. The Labute approximate surface area is 184 Å². The maximum absolute atomic E-state index is 13.2. The van der Waals surface area contributed by atoms with Crippen molar-refractivity contribution in [3.05, 3.63) is 70.8 Å². The second kappa shape index (κ2) is 8.92. The standard InChI is InChI=1S/C25H32N4O2/c1-17-12-13-20(14-18(17)2)21-15-22(19-10-8-7-9-11-19)29(27-21)23(30)16-28(6)24(31)26-25(3,4)5/h7-14,22H,15-16H2,1-6H3,(H,26,31)/t22-/m0/s1. The van der Waals surface area contributed by atoms with Crippen molar-refractivity contribution in [2.75, 3.05) is 13.6 Å². The molecule has 1 heterocycles. The highest BCUT2D eigenvalue weighted by Crippen LogP contribution is 2.33. The summed E-state index contributed by atoms with van der Waals surface area (Å²) in [5, 5.41) is 9.14. The number of benzene rings is 2. The molecule has 0 unspecified atom stereocenters. The molecule has 0 bridgehead atoms. The number of nitrogens with one attached hydrogen (secondary N) is 1. The SMILES string of the molecule is Cc1ccc(C2=NN(C(=O)CN(C)C(=O)NC(C)(C)C)[C@H](c3ccccc3)C2)cc1C. The van der Waals surface area contributed by atoms with Crippen LogP contribution in [0, 0.1) is 13.8 Å². The van der Waals surface area contributed by atoms with Gasteiger partial charge in [0.15, 0.2) is 0 Å². The lowest BCUT2D eigenvalue weighted by molar-refractivity contribution is -0.133. The number of carbonyl (C=O) groups excluding carboxylic acids is 2. The first-order chi connectivity index (χ1) is 14.5. The van der Waals surface area contributed by atoms with Crippen LogP contribution in [-0.2, 0) is 4.79 Å². The average molecular weight is 421 g/mol. The van der Waals surface area contributed by atoms with E-state index in [1.54, 1.807) is 12.1 Å². The summed E-state index contributed by atoms with van der Waals surface area (Å²) in [6.07, 6.45) is 0.635. The summed E-state index contributed by atoms with van der Waals surface area (Å²) < 4.78 is 0. The van der Waals surface area contributed by atoms with E-state index in [9.17, 15) is 9.59 Å². The molecular weight excluding hydrogens is 388 g/mol. The summed E-state index contributed by atoms with van der Waals surface area (Å²) in [4.78, 5) is 27.0. The minimum atomic E-state index is -0.372. The second-order valence-electron chi connectivity index (χ2n) is 9.25. The third-order valence-corrected chi connectivity index (χ3v) is 5.39. The number of carbonyl (C=O) groups is 2. The van der Waals surface area contributed by atoms with Crippen molar-refractivity contribution < 1.29 is 9.59 Å². The Morgan fingerprint density at radius 1 is 1.10 bits per heavy atom. The summed E-state index contributed by atoms with van der Waals surface area (Å²) in [6, 6.07) is 15.7. The van der Waals surface area contributed by atoms with Crippen molar-refractivity contribution >= 4 is 17.6 Å². The number of hydrogen-bond donors (Lipinski definition) is 1. The van der Waals surface area contributed by atoms with Gasteiger partial charge in [0.05, 0.1) is 11.8 Å². The number of hydrazone groups is 1. The topological polar surface area (TPSA) is 65.0 Å². The first-order valence-electron chi connectivity index (χ1n) is 10.6. The van der Waals surface area contributed by atoms with Gasteiger partial charge in [0.2, 0.25) is 0 Å². The van der Waals surface area contributed by atoms with Crippen LogP contribution in [-0.4, -0.2) is 46.7 Å². The fourth-order valence-corrected chi connectivity index (χ4v) is 3.53. The first-order valence-corrected chi connectivity index (χ1v) is 10.6. The molecule has 1 aliphatic heterocycles. The van der Waals surface area contributed by atoms with Crippen LogP contribution in [0.2, 0.25) is 0 Å². The lowest BCUT2D eigenvalue weighted by atomic mass is 9.96. The van der Waals surface area contributed by atoms with Crippen LogP contribution in [0.25, 0.3) is 0 Å². The van der Waals surface area contributed by atoms with Crippen LogP contribution in [0.15, 0.2) is 53.6 Å². The van der Waals surface area contributed by atoms with Gasteiger partial charge in [0.25, 0.3) is 5.91 Å². The Bertz CT molecular complexity index is 992. The molecule has 31 heavy (non-hydrogen) atoms. The number of hydrogen-bond acceptors (Lipinski definition) is 3. The average Bonchev–Trinajstić information content (AvgIpc) is 3.15. The molecule has 0 radical (unpaired) electrons. The van der Waals surface area contributed by atoms with E-state index in [4.69, 9.17) is 5.10 Å². The summed E-state index contributed by atoms with van der Waals surface area (Å²) >= 11 is 0. The second-order valence-corrected chi connectivity index (χ2v) is 9.25. The first kappa shape index (κ1) is 22.5. The van der Waals surface area contributed by atoms with E-state index in [1.807, 2.05) is 51.1 Å². The minimum absolute atomic E-state index is 0.0467. The van der Waals surface area contributed by atoms with E-state index in [0.29, 0.717) is 6.42 Å². The number of likely N-dealkylation sites (N-methyl/N-ethyl adjacent to an activating group) is 1. The highest BCUT2D eigenvalue weighted by Gasteiger charge is 2.34. The van der Waals surface area contributed by atoms with Crippen LogP contribution in [0.3, 0.4) is 0 Å².